The zero-order chi connectivity index (χ0) is 12.3. The Morgan fingerprint density at radius 2 is 1.82 bits per heavy atom. The van der Waals surface area contributed by atoms with Crippen molar-refractivity contribution in [3.05, 3.63) is 46.8 Å². The molecule has 1 aromatic heterocycles. The van der Waals surface area contributed by atoms with Gasteiger partial charge in [0.15, 0.2) is 0 Å². The van der Waals surface area contributed by atoms with E-state index < -0.39 is 0 Å². The average Bonchev–Trinajstić information content (AvgIpc) is 2.32. The summed E-state index contributed by atoms with van der Waals surface area (Å²) >= 11 is 4.81. The number of hydrogen-bond acceptors (Lipinski definition) is 4. The Bertz CT molecular complexity index is 541. The van der Waals surface area contributed by atoms with Crippen molar-refractivity contribution in [3.8, 4) is 0 Å². The first-order valence-electron chi connectivity index (χ1n) is 4.75. The molecule has 3 N–H and O–H groups in total. The number of halogens is 1. The highest BCUT2D eigenvalue weighted by Gasteiger charge is 2.09. The first kappa shape index (κ1) is 12.1. The molecular formula is C11H9BrN4S. The Kier molecular flexibility index (Phi) is 3.75. The van der Waals surface area contributed by atoms with Crippen molar-refractivity contribution in [2.24, 2.45) is 5.73 Å². The van der Waals surface area contributed by atoms with Crippen LogP contribution in [0.15, 0.2) is 51.1 Å². The molecule has 0 amide bonds. The van der Waals surface area contributed by atoms with Gasteiger partial charge in [0.2, 0.25) is 0 Å². The second kappa shape index (κ2) is 5.29. The lowest BCUT2D eigenvalue weighted by molar-refractivity contribution is 1.03. The van der Waals surface area contributed by atoms with Gasteiger partial charge in [0, 0.05) is 21.8 Å². The third-order valence-electron chi connectivity index (χ3n) is 1.95. The van der Waals surface area contributed by atoms with E-state index in [0.29, 0.717) is 10.7 Å². The largest absolute Gasteiger partial charge is 0.382 e. The van der Waals surface area contributed by atoms with E-state index in [4.69, 9.17) is 11.1 Å². The highest BCUT2D eigenvalue weighted by Crippen LogP contribution is 2.28. The van der Waals surface area contributed by atoms with Crippen molar-refractivity contribution in [2.45, 2.75) is 9.92 Å². The summed E-state index contributed by atoms with van der Waals surface area (Å²) in [5, 5.41) is 8.07. The van der Waals surface area contributed by atoms with Crippen LogP contribution >= 0.6 is 27.7 Å². The van der Waals surface area contributed by atoms with E-state index in [1.807, 2.05) is 24.3 Å². The van der Waals surface area contributed by atoms with Crippen LogP contribution in [0.3, 0.4) is 0 Å². The van der Waals surface area contributed by atoms with Gasteiger partial charge in [-0.2, -0.15) is 0 Å². The van der Waals surface area contributed by atoms with E-state index in [0.717, 1.165) is 9.37 Å². The summed E-state index contributed by atoms with van der Waals surface area (Å²) in [6, 6.07) is 7.83. The quantitative estimate of drug-likeness (QED) is 0.675. The van der Waals surface area contributed by atoms with Crippen molar-refractivity contribution in [3.63, 3.8) is 0 Å². The van der Waals surface area contributed by atoms with E-state index >= 15 is 0 Å². The molecule has 1 heterocycles. The van der Waals surface area contributed by atoms with Gasteiger partial charge in [-0.1, -0.05) is 27.7 Å². The minimum atomic E-state index is -0.0716. The number of amidine groups is 1. The molecule has 0 radical (unpaired) electrons. The number of benzene rings is 1. The Labute approximate surface area is 111 Å². The van der Waals surface area contributed by atoms with Crippen LogP contribution in [-0.2, 0) is 0 Å². The number of aromatic nitrogens is 2. The normalized spacial score (nSPS) is 10.2. The predicted molar refractivity (Wildman–Crippen MR) is 71.3 cm³/mol. The zero-order valence-corrected chi connectivity index (χ0v) is 11.1. The average molecular weight is 309 g/mol. The summed E-state index contributed by atoms with van der Waals surface area (Å²) in [4.78, 5) is 9.26. The Hall–Kier alpha value is -1.40. The molecule has 0 bridgehead atoms. The fraction of sp³-hybridized carbons (Fsp3) is 0. The summed E-state index contributed by atoms with van der Waals surface area (Å²) in [5.74, 6) is -0.0716. The fourth-order valence-corrected chi connectivity index (χ4v) is 2.33. The molecule has 0 unspecified atom stereocenters. The molecule has 1 aromatic carbocycles. The molecule has 0 atom stereocenters. The van der Waals surface area contributed by atoms with E-state index in [-0.39, 0.29) is 5.84 Å². The minimum absolute atomic E-state index is 0.0716. The first-order valence-corrected chi connectivity index (χ1v) is 6.36. The van der Waals surface area contributed by atoms with Gasteiger partial charge in [0.05, 0.1) is 0 Å². The van der Waals surface area contributed by atoms with E-state index in [9.17, 15) is 0 Å². The SMILES string of the molecule is N=C(N)c1nccnc1Sc1ccc(Br)cc1. The van der Waals surface area contributed by atoms with Gasteiger partial charge in [-0.05, 0) is 24.3 Å². The molecule has 2 rings (SSSR count). The molecule has 2 aromatic rings. The van der Waals surface area contributed by atoms with Crippen LogP contribution in [0, 0.1) is 5.41 Å². The van der Waals surface area contributed by atoms with Gasteiger partial charge in [-0.15, -0.1) is 0 Å². The van der Waals surface area contributed by atoms with Crippen LogP contribution in [-0.4, -0.2) is 15.8 Å². The number of nitrogens with two attached hydrogens (primary N) is 1. The van der Waals surface area contributed by atoms with Gasteiger partial charge >= 0.3 is 0 Å². The second-order valence-electron chi connectivity index (χ2n) is 3.18. The molecule has 0 aliphatic heterocycles. The van der Waals surface area contributed by atoms with Crippen molar-refractivity contribution < 1.29 is 0 Å². The Morgan fingerprint density at radius 3 is 2.47 bits per heavy atom. The minimum Gasteiger partial charge on any atom is -0.382 e. The molecular weight excluding hydrogens is 300 g/mol. The van der Waals surface area contributed by atoms with Crippen LogP contribution in [0.2, 0.25) is 0 Å². The summed E-state index contributed by atoms with van der Waals surface area (Å²) in [6.45, 7) is 0. The van der Waals surface area contributed by atoms with E-state index in [1.54, 1.807) is 6.20 Å². The first-order chi connectivity index (χ1) is 8.16. The van der Waals surface area contributed by atoms with Gasteiger partial charge in [0.25, 0.3) is 0 Å². The van der Waals surface area contributed by atoms with E-state index in [2.05, 4.69) is 25.9 Å². The molecule has 0 saturated heterocycles. The smallest absolute Gasteiger partial charge is 0.144 e. The van der Waals surface area contributed by atoms with Crippen LogP contribution in [0.4, 0.5) is 0 Å². The maximum absolute atomic E-state index is 7.43. The van der Waals surface area contributed by atoms with Crippen molar-refractivity contribution in [1.29, 1.82) is 5.41 Å². The Balaban J connectivity index is 2.30. The highest BCUT2D eigenvalue weighted by molar-refractivity contribution is 9.10. The Morgan fingerprint density at radius 1 is 1.18 bits per heavy atom. The van der Waals surface area contributed by atoms with Gasteiger partial charge in [0.1, 0.15) is 16.6 Å². The molecule has 4 nitrogen and oxygen atoms in total. The number of rotatable bonds is 3. The van der Waals surface area contributed by atoms with Gasteiger partial charge in [-0.3, -0.25) is 5.41 Å². The summed E-state index contributed by atoms with van der Waals surface area (Å²) in [6.07, 6.45) is 3.12. The van der Waals surface area contributed by atoms with Crippen LogP contribution in [0.25, 0.3) is 0 Å². The number of nitrogens with one attached hydrogen (secondary N) is 1. The lowest BCUT2D eigenvalue weighted by Crippen LogP contribution is -2.14. The predicted octanol–water partition coefficient (Wildman–Crippen LogP) is 2.67. The molecule has 17 heavy (non-hydrogen) atoms. The maximum atomic E-state index is 7.43. The van der Waals surface area contributed by atoms with Crippen LogP contribution in [0.1, 0.15) is 5.69 Å². The third kappa shape index (κ3) is 3.04. The maximum Gasteiger partial charge on any atom is 0.144 e. The molecule has 86 valence electrons. The molecule has 0 spiro atoms. The molecule has 0 saturated carbocycles. The number of nitrogen functional groups attached to an aromatic ring is 1. The number of nitrogens with zero attached hydrogens (tertiary/aromatic N) is 2. The lowest BCUT2D eigenvalue weighted by atomic mass is 10.4. The van der Waals surface area contributed by atoms with Gasteiger partial charge < -0.3 is 5.73 Å². The monoisotopic (exact) mass is 308 g/mol. The van der Waals surface area contributed by atoms with Gasteiger partial charge in [-0.25, -0.2) is 9.97 Å². The summed E-state index contributed by atoms with van der Waals surface area (Å²) in [5.41, 5.74) is 5.87. The highest BCUT2D eigenvalue weighted by atomic mass is 79.9. The third-order valence-corrected chi connectivity index (χ3v) is 3.48. The fourth-order valence-electron chi connectivity index (χ4n) is 1.20. The molecule has 0 fully saturated rings. The number of hydrogen-bond donors (Lipinski definition) is 2. The van der Waals surface area contributed by atoms with E-state index in [1.165, 1.54) is 18.0 Å². The van der Waals surface area contributed by atoms with Crippen molar-refractivity contribution >= 4 is 33.5 Å². The van der Waals surface area contributed by atoms with Crippen LogP contribution in [0.5, 0.6) is 0 Å². The van der Waals surface area contributed by atoms with Crippen molar-refractivity contribution in [1.82, 2.24) is 9.97 Å². The summed E-state index contributed by atoms with van der Waals surface area (Å²) in [7, 11) is 0. The molecule has 0 aliphatic rings. The molecule has 6 heteroatoms. The zero-order valence-electron chi connectivity index (χ0n) is 8.72. The van der Waals surface area contributed by atoms with Crippen molar-refractivity contribution in [2.75, 3.05) is 0 Å². The standard InChI is InChI=1S/C11H9BrN4S/c12-7-1-3-8(4-2-7)17-11-9(10(13)14)15-5-6-16-11/h1-6H,(H3,13,14). The second-order valence-corrected chi connectivity index (χ2v) is 5.16. The van der Waals surface area contributed by atoms with Crippen LogP contribution < -0.4 is 5.73 Å². The molecule has 0 aliphatic carbocycles. The topological polar surface area (TPSA) is 75.7 Å². The summed E-state index contributed by atoms with van der Waals surface area (Å²) < 4.78 is 1.02. The lowest BCUT2D eigenvalue weighted by Gasteiger charge is -2.05.